The van der Waals surface area contributed by atoms with Gasteiger partial charge in [-0.2, -0.15) is 9.97 Å². The fourth-order valence-corrected chi connectivity index (χ4v) is 10.7. The average Bonchev–Trinajstić information content (AvgIpc) is 3.95. The zero-order chi connectivity index (χ0) is 40.7. The van der Waals surface area contributed by atoms with Gasteiger partial charge in [-0.15, -0.1) is 11.3 Å². The Kier molecular flexibility index (Phi) is 8.03. The minimum Gasteiger partial charge on any atom is -0.278 e. The molecule has 0 spiro atoms. The smallest absolute Gasteiger partial charge is 0.238 e. The molecule has 3 heterocycles. The van der Waals surface area contributed by atoms with Gasteiger partial charge < -0.3 is 0 Å². The Morgan fingerprint density at radius 3 is 1.79 bits per heavy atom. The quantitative estimate of drug-likeness (QED) is 0.168. The molecule has 288 valence electrons. The molecule has 0 bridgehead atoms. The van der Waals surface area contributed by atoms with Crippen molar-refractivity contribution < 1.29 is 0 Å². The maximum absolute atomic E-state index is 5.41. The lowest BCUT2D eigenvalue weighted by atomic mass is 9.82. The van der Waals surface area contributed by atoms with E-state index >= 15 is 0 Å². The van der Waals surface area contributed by atoms with Crippen molar-refractivity contribution in [3.8, 4) is 72.5 Å². The SMILES string of the molecule is CC1(C)c2ccccc2-c2ccc(-c3nc(-c4ccc(-c5ccccc5)cc4)nc(-n4c5ccccc5c5ccc(-c6sc7ccccc7c6-c6ccccc6)cc54)n3)cc21. The van der Waals surface area contributed by atoms with Crippen LogP contribution in [0.4, 0.5) is 0 Å². The predicted molar refractivity (Wildman–Crippen MR) is 254 cm³/mol. The number of rotatable bonds is 6. The molecular weight excluding hydrogens is 761 g/mol. The number of benzene rings is 8. The highest BCUT2D eigenvalue weighted by molar-refractivity contribution is 7.23. The van der Waals surface area contributed by atoms with Crippen LogP contribution in [0.1, 0.15) is 25.0 Å². The van der Waals surface area contributed by atoms with Crippen molar-refractivity contribution in [3.05, 3.63) is 205 Å². The van der Waals surface area contributed by atoms with Crippen molar-refractivity contribution >= 4 is 43.2 Å². The van der Waals surface area contributed by atoms with Crippen LogP contribution in [0, 0.1) is 0 Å². The van der Waals surface area contributed by atoms with Crippen LogP contribution < -0.4 is 0 Å². The van der Waals surface area contributed by atoms with Gasteiger partial charge in [0.25, 0.3) is 0 Å². The fourth-order valence-electron chi connectivity index (χ4n) is 9.48. The molecule has 61 heavy (non-hydrogen) atoms. The van der Waals surface area contributed by atoms with E-state index in [0.29, 0.717) is 17.6 Å². The number of thiophene rings is 1. The number of para-hydroxylation sites is 1. The lowest BCUT2D eigenvalue weighted by Crippen LogP contribution is -2.15. The van der Waals surface area contributed by atoms with Gasteiger partial charge in [0.05, 0.1) is 11.0 Å². The third-order valence-corrected chi connectivity index (χ3v) is 13.7. The first-order valence-electron chi connectivity index (χ1n) is 20.8. The van der Waals surface area contributed by atoms with Crippen LogP contribution in [0.3, 0.4) is 0 Å². The Labute approximate surface area is 358 Å². The Balaban J connectivity index is 1.09. The third-order valence-electron chi connectivity index (χ3n) is 12.5. The molecule has 11 aromatic rings. The van der Waals surface area contributed by atoms with E-state index in [1.165, 1.54) is 53.9 Å². The van der Waals surface area contributed by atoms with Crippen LogP contribution in [-0.4, -0.2) is 19.5 Å². The van der Waals surface area contributed by atoms with Crippen molar-refractivity contribution in [1.29, 1.82) is 0 Å². The van der Waals surface area contributed by atoms with E-state index in [0.717, 1.165) is 44.1 Å². The van der Waals surface area contributed by atoms with Gasteiger partial charge in [0, 0.05) is 47.8 Å². The highest BCUT2D eigenvalue weighted by atomic mass is 32.1. The minimum atomic E-state index is -0.164. The Bertz CT molecular complexity index is 3490. The number of aromatic nitrogens is 4. The van der Waals surface area contributed by atoms with Crippen molar-refractivity contribution in [2.24, 2.45) is 0 Å². The van der Waals surface area contributed by atoms with Gasteiger partial charge in [0.1, 0.15) is 0 Å². The molecule has 1 aliphatic rings. The maximum atomic E-state index is 5.41. The van der Waals surface area contributed by atoms with E-state index in [1.54, 1.807) is 0 Å². The zero-order valence-corrected chi connectivity index (χ0v) is 34.5. The molecule has 5 heteroatoms. The molecule has 0 fully saturated rings. The summed E-state index contributed by atoms with van der Waals surface area (Å²) >= 11 is 1.84. The number of nitrogens with zero attached hydrogens (tertiary/aromatic N) is 4. The molecule has 0 amide bonds. The largest absolute Gasteiger partial charge is 0.278 e. The highest BCUT2D eigenvalue weighted by Crippen LogP contribution is 2.50. The molecule has 0 aliphatic heterocycles. The van der Waals surface area contributed by atoms with Gasteiger partial charge in [-0.3, -0.25) is 4.57 Å². The standard InChI is InChI=1S/C56H38N4S/c1-56(2)46-22-12-9-19-41(46)42-31-30-40(33-47(42)56)54-57-53(38-27-25-36(26-28-38)35-15-5-3-6-16-35)58-55(59-54)60-48-23-13-10-20-43(48)44-32-29-39(34-49(44)60)52-51(37-17-7-4-8-18-37)45-21-11-14-24-50(45)61-52/h3-34H,1-2H3. The van der Waals surface area contributed by atoms with Crippen molar-refractivity contribution in [2.45, 2.75) is 19.3 Å². The summed E-state index contributed by atoms with van der Waals surface area (Å²) in [6.45, 7) is 4.63. The van der Waals surface area contributed by atoms with Crippen LogP contribution in [0.5, 0.6) is 0 Å². The van der Waals surface area contributed by atoms with Crippen LogP contribution in [0.2, 0.25) is 0 Å². The first kappa shape index (κ1) is 35.5. The second-order valence-corrected chi connectivity index (χ2v) is 17.5. The number of hydrogen-bond donors (Lipinski definition) is 0. The second kappa shape index (κ2) is 13.8. The summed E-state index contributed by atoms with van der Waals surface area (Å²) in [5, 5.41) is 3.56. The fraction of sp³-hybridized carbons (Fsp3) is 0.0536. The molecule has 4 nitrogen and oxygen atoms in total. The van der Waals surface area contributed by atoms with Crippen molar-refractivity contribution in [1.82, 2.24) is 19.5 Å². The van der Waals surface area contributed by atoms with Gasteiger partial charge in [0.15, 0.2) is 11.6 Å². The summed E-state index contributed by atoms with van der Waals surface area (Å²) in [5.41, 5.74) is 14.9. The summed E-state index contributed by atoms with van der Waals surface area (Å²) in [7, 11) is 0. The minimum absolute atomic E-state index is 0.164. The van der Waals surface area contributed by atoms with Crippen LogP contribution in [0.15, 0.2) is 194 Å². The Morgan fingerprint density at radius 2 is 0.984 bits per heavy atom. The predicted octanol–water partition coefficient (Wildman–Crippen LogP) is 14.8. The number of hydrogen-bond acceptors (Lipinski definition) is 4. The van der Waals surface area contributed by atoms with E-state index in [2.05, 4.69) is 206 Å². The van der Waals surface area contributed by atoms with E-state index in [4.69, 9.17) is 15.0 Å². The molecule has 1 aliphatic carbocycles. The molecule has 0 N–H and O–H groups in total. The van der Waals surface area contributed by atoms with Crippen LogP contribution >= 0.6 is 11.3 Å². The molecule has 0 saturated carbocycles. The summed E-state index contributed by atoms with van der Waals surface area (Å²) in [5.74, 6) is 1.85. The van der Waals surface area contributed by atoms with Gasteiger partial charge >= 0.3 is 0 Å². The first-order valence-corrected chi connectivity index (χ1v) is 21.6. The molecule has 12 rings (SSSR count). The molecule has 0 radical (unpaired) electrons. The third kappa shape index (κ3) is 5.69. The monoisotopic (exact) mass is 798 g/mol. The number of fused-ring (bicyclic) bond motifs is 7. The van der Waals surface area contributed by atoms with E-state index in [9.17, 15) is 0 Å². The molecule has 3 aromatic heterocycles. The summed E-state index contributed by atoms with van der Waals surface area (Å²) in [6.07, 6.45) is 0. The zero-order valence-electron chi connectivity index (χ0n) is 33.7. The normalized spacial score (nSPS) is 12.9. The van der Waals surface area contributed by atoms with E-state index < -0.39 is 0 Å². The van der Waals surface area contributed by atoms with E-state index in [1.807, 2.05) is 17.4 Å². The summed E-state index contributed by atoms with van der Waals surface area (Å²) in [4.78, 5) is 17.3. The molecule has 0 unspecified atom stereocenters. The second-order valence-electron chi connectivity index (χ2n) is 16.4. The lowest BCUT2D eigenvalue weighted by molar-refractivity contribution is 0.660. The Morgan fingerprint density at radius 1 is 0.410 bits per heavy atom. The van der Waals surface area contributed by atoms with E-state index in [-0.39, 0.29) is 5.41 Å². The van der Waals surface area contributed by atoms with Gasteiger partial charge in [0.2, 0.25) is 5.95 Å². The first-order chi connectivity index (χ1) is 30.0. The lowest BCUT2D eigenvalue weighted by Gasteiger charge is -2.21. The summed E-state index contributed by atoms with van der Waals surface area (Å²) < 4.78 is 3.51. The topological polar surface area (TPSA) is 43.6 Å². The maximum Gasteiger partial charge on any atom is 0.238 e. The molecular formula is C56H38N4S. The van der Waals surface area contributed by atoms with Gasteiger partial charge in [-0.05, 0) is 68.8 Å². The van der Waals surface area contributed by atoms with Gasteiger partial charge in [-0.1, -0.05) is 184 Å². The Hall–Kier alpha value is -7.47. The molecule has 0 atom stereocenters. The average molecular weight is 799 g/mol. The molecule has 0 saturated heterocycles. The van der Waals surface area contributed by atoms with Crippen molar-refractivity contribution in [2.75, 3.05) is 0 Å². The summed E-state index contributed by atoms with van der Waals surface area (Å²) in [6, 6.07) is 69.5. The molecule has 8 aromatic carbocycles. The van der Waals surface area contributed by atoms with Crippen LogP contribution in [0.25, 0.3) is 104 Å². The van der Waals surface area contributed by atoms with Crippen molar-refractivity contribution in [3.63, 3.8) is 0 Å². The van der Waals surface area contributed by atoms with Crippen LogP contribution in [-0.2, 0) is 5.41 Å². The van der Waals surface area contributed by atoms with Gasteiger partial charge in [-0.25, -0.2) is 4.98 Å². The highest BCUT2D eigenvalue weighted by Gasteiger charge is 2.35.